The lowest BCUT2D eigenvalue weighted by atomic mass is 10.2. The van der Waals surface area contributed by atoms with Gasteiger partial charge < -0.3 is 15.6 Å². The Labute approximate surface area is 108 Å². The Morgan fingerprint density at radius 1 is 1.57 bits per heavy atom. The first-order valence-electron chi connectivity index (χ1n) is 3.53. The molecule has 0 radical (unpaired) electrons. The van der Waals surface area contributed by atoms with Crippen LogP contribution in [0.3, 0.4) is 0 Å². The average molecular weight is 419 g/mol. The van der Waals surface area contributed by atoms with Gasteiger partial charge in [-0.05, 0) is 51.2 Å². The number of phenolic OH excluding ortho intramolecular Hbond substituents is 1. The monoisotopic (exact) mass is 419 g/mol. The molecule has 0 atom stereocenters. The highest BCUT2D eigenvalue weighted by molar-refractivity contribution is 14.1. The van der Waals surface area contributed by atoms with Gasteiger partial charge in [0.1, 0.15) is 11.3 Å². The van der Waals surface area contributed by atoms with E-state index >= 15 is 0 Å². The first-order valence-corrected chi connectivity index (χ1v) is 5.69. The van der Waals surface area contributed by atoms with Gasteiger partial charge in [0.15, 0.2) is 0 Å². The van der Waals surface area contributed by atoms with Gasteiger partial charge in [-0.1, -0.05) is 0 Å². The SMILES string of the molecule is COC(=O)c1cc(I)c(N)c(I)c1O. The number of nitrogens with two attached hydrogens (primary N) is 1. The smallest absolute Gasteiger partial charge is 0.341 e. The molecule has 1 aromatic rings. The number of hydrogen-bond donors (Lipinski definition) is 2. The second-order valence-corrected chi connectivity index (χ2v) is 4.71. The van der Waals surface area contributed by atoms with Crippen LogP contribution in [0.4, 0.5) is 5.69 Å². The topological polar surface area (TPSA) is 72.5 Å². The molecule has 4 nitrogen and oxygen atoms in total. The van der Waals surface area contributed by atoms with Crippen LogP contribution in [-0.4, -0.2) is 18.2 Å². The van der Waals surface area contributed by atoms with E-state index < -0.39 is 5.97 Å². The highest BCUT2D eigenvalue weighted by atomic mass is 127. The third-order valence-electron chi connectivity index (χ3n) is 1.63. The molecule has 0 amide bonds. The zero-order valence-corrected chi connectivity index (χ0v) is 11.5. The molecule has 0 saturated carbocycles. The quantitative estimate of drug-likeness (QED) is 0.415. The average Bonchev–Trinajstić information content (AvgIpc) is 2.19. The maximum atomic E-state index is 11.2. The van der Waals surface area contributed by atoms with E-state index in [0.717, 1.165) is 0 Å². The number of carbonyl (C=O) groups excluding carboxylic acids is 1. The van der Waals surface area contributed by atoms with Crippen LogP contribution in [0.1, 0.15) is 10.4 Å². The Bertz CT molecular complexity index is 393. The van der Waals surface area contributed by atoms with Crippen LogP contribution < -0.4 is 5.73 Å². The number of aromatic hydroxyl groups is 1. The minimum atomic E-state index is -0.571. The fraction of sp³-hybridized carbons (Fsp3) is 0.125. The molecule has 0 aromatic heterocycles. The van der Waals surface area contributed by atoms with Gasteiger partial charge in [-0.2, -0.15) is 0 Å². The number of methoxy groups -OCH3 is 1. The first kappa shape index (κ1) is 11.8. The molecule has 0 saturated heterocycles. The van der Waals surface area contributed by atoms with E-state index in [1.807, 2.05) is 45.2 Å². The van der Waals surface area contributed by atoms with Crippen molar-refractivity contribution in [3.63, 3.8) is 0 Å². The first-order chi connectivity index (χ1) is 6.49. The van der Waals surface area contributed by atoms with Crippen LogP contribution >= 0.6 is 45.2 Å². The second-order valence-electron chi connectivity index (χ2n) is 2.47. The molecular formula is C8H7I2NO3. The number of anilines is 1. The third-order valence-corrected chi connectivity index (χ3v) is 3.62. The Morgan fingerprint density at radius 2 is 2.14 bits per heavy atom. The fourth-order valence-corrected chi connectivity index (χ4v) is 2.57. The van der Waals surface area contributed by atoms with Crippen molar-refractivity contribution >= 4 is 56.8 Å². The molecule has 14 heavy (non-hydrogen) atoms. The largest absolute Gasteiger partial charge is 0.506 e. The highest BCUT2D eigenvalue weighted by Gasteiger charge is 2.18. The van der Waals surface area contributed by atoms with Crippen LogP contribution in [0.5, 0.6) is 5.75 Å². The molecular weight excluding hydrogens is 412 g/mol. The van der Waals surface area contributed by atoms with Crippen molar-refractivity contribution in [1.29, 1.82) is 0 Å². The lowest BCUT2D eigenvalue weighted by molar-refractivity contribution is 0.0597. The molecule has 0 heterocycles. The fourth-order valence-electron chi connectivity index (χ4n) is 0.889. The van der Waals surface area contributed by atoms with Gasteiger partial charge in [-0.3, -0.25) is 0 Å². The van der Waals surface area contributed by atoms with Crippen molar-refractivity contribution in [3.8, 4) is 5.75 Å². The minimum absolute atomic E-state index is 0.129. The molecule has 0 aliphatic heterocycles. The van der Waals surface area contributed by atoms with Crippen molar-refractivity contribution < 1.29 is 14.6 Å². The normalized spacial score (nSPS) is 9.93. The Kier molecular flexibility index (Phi) is 3.81. The number of hydrogen-bond acceptors (Lipinski definition) is 4. The summed E-state index contributed by atoms with van der Waals surface area (Å²) < 4.78 is 5.70. The predicted molar refractivity (Wildman–Crippen MR) is 69.3 cm³/mol. The molecule has 0 bridgehead atoms. The van der Waals surface area contributed by atoms with Crippen LogP contribution in [0, 0.1) is 7.14 Å². The van der Waals surface area contributed by atoms with Gasteiger partial charge in [0, 0.05) is 3.57 Å². The number of halogens is 2. The Morgan fingerprint density at radius 3 is 2.64 bits per heavy atom. The zero-order chi connectivity index (χ0) is 10.9. The summed E-state index contributed by atoms with van der Waals surface area (Å²) in [7, 11) is 1.26. The van der Waals surface area contributed by atoms with Crippen molar-refractivity contribution in [3.05, 3.63) is 18.8 Å². The summed E-state index contributed by atoms with van der Waals surface area (Å²) in [5.41, 5.74) is 6.27. The molecule has 0 aliphatic carbocycles. The number of rotatable bonds is 1. The van der Waals surface area contributed by atoms with Gasteiger partial charge in [0.2, 0.25) is 0 Å². The Balaban J connectivity index is 3.40. The number of esters is 1. The molecule has 0 unspecified atom stereocenters. The Hall–Kier alpha value is -0.250. The van der Waals surface area contributed by atoms with Crippen LogP contribution in [-0.2, 0) is 4.74 Å². The lowest BCUT2D eigenvalue weighted by Crippen LogP contribution is -2.05. The zero-order valence-electron chi connectivity index (χ0n) is 7.17. The molecule has 6 heteroatoms. The van der Waals surface area contributed by atoms with Crippen LogP contribution in [0.25, 0.3) is 0 Å². The van der Waals surface area contributed by atoms with Crippen molar-refractivity contribution in [2.75, 3.05) is 12.8 Å². The van der Waals surface area contributed by atoms with Gasteiger partial charge >= 0.3 is 5.97 Å². The van der Waals surface area contributed by atoms with Crippen LogP contribution in [0.15, 0.2) is 6.07 Å². The summed E-state index contributed by atoms with van der Waals surface area (Å²) in [6, 6.07) is 1.50. The third kappa shape index (κ3) is 2.05. The molecule has 0 spiro atoms. The number of phenols is 1. The van der Waals surface area contributed by atoms with Gasteiger partial charge in [0.25, 0.3) is 0 Å². The number of nitrogen functional groups attached to an aromatic ring is 1. The number of ether oxygens (including phenoxy) is 1. The number of carbonyl (C=O) groups is 1. The summed E-state index contributed by atoms with van der Waals surface area (Å²) in [5, 5.41) is 9.61. The summed E-state index contributed by atoms with van der Waals surface area (Å²) in [5.74, 6) is -0.700. The van der Waals surface area contributed by atoms with Gasteiger partial charge in [-0.15, -0.1) is 0 Å². The molecule has 0 aliphatic rings. The molecule has 1 rings (SSSR count). The van der Waals surface area contributed by atoms with E-state index in [1.165, 1.54) is 13.2 Å². The van der Waals surface area contributed by atoms with E-state index in [4.69, 9.17) is 5.73 Å². The van der Waals surface area contributed by atoms with Gasteiger partial charge in [0.05, 0.1) is 16.4 Å². The second kappa shape index (κ2) is 4.51. The van der Waals surface area contributed by atoms with E-state index in [1.54, 1.807) is 0 Å². The summed E-state index contributed by atoms with van der Waals surface area (Å²) in [6.45, 7) is 0. The summed E-state index contributed by atoms with van der Waals surface area (Å²) in [6.07, 6.45) is 0. The van der Waals surface area contributed by atoms with Crippen molar-refractivity contribution in [1.82, 2.24) is 0 Å². The van der Waals surface area contributed by atoms with E-state index in [-0.39, 0.29) is 11.3 Å². The van der Waals surface area contributed by atoms with Crippen molar-refractivity contribution in [2.45, 2.75) is 0 Å². The van der Waals surface area contributed by atoms with E-state index in [2.05, 4.69) is 4.74 Å². The molecule has 76 valence electrons. The maximum Gasteiger partial charge on any atom is 0.341 e. The summed E-state index contributed by atoms with van der Waals surface area (Å²) >= 11 is 3.88. The van der Waals surface area contributed by atoms with E-state index in [9.17, 15) is 9.90 Å². The molecule has 0 fully saturated rings. The molecule has 1 aromatic carbocycles. The maximum absolute atomic E-state index is 11.2. The van der Waals surface area contributed by atoms with Crippen molar-refractivity contribution in [2.24, 2.45) is 0 Å². The highest BCUT2D eigenvalue weighted by Crippen LogP contribution is 2.33. The molecule has 3 N–H and O–H groups in total. The summed E-state index contributed by atoms with van der Waals surface area (Å²) in [4.78, 5) is 11.2. The van der Waals surface area contributed by atoms with Gasteiger partial charge in [-0.25, -0.2) is 4.79 Å². The van der Waals surface area contributed by atoms with E-state index in [0.29, 0.717) is 12.8 Å². The minimum Gasteiger partial charge on any atom is -0.506 e. The predicted octanol–water partition coefficient (Wildman–Crippen LogP) is 1.97. The number of benzene rings is 1. The van der Waals surface area contributed by atoms with Crippen LogP contribution in [0.2, 0.25) is 0 Å². The lowest BCUT2D eigenvalue weighted by Gasteiger charge is -2.08. The standard InChI is InChI=1S/C8H7I2NO3/c1-14-8(13)3-2-4(9)6(11)5(10)7(3)12/h2,12H,11H2,1H3.